The lowest BCUT2D eigenvalue weighted by atomic mass is 10.1. The van der Waals surface area contributed by atoms with Crippen LogP contribution in [0.2, 0.25) is 0 Å². The monoisotopic (exact) mass is 321 g/mol. The summed E-state index contributed by atoms with van der Waals surface area (Å²) in [6, 6.07) is 8.34. The molecule has 0 fully saturated rings. The van der Waals surface area contributed by atoms with Crippen molar-refractivity contribution in [2.45, 2.75) is 39.4 Å². The Labute approximate surface area is 123 Å². The predicted octanol–water partition coefficient (Wildman–Crippen LogP) is 3.69. The summed E-state index contributed by atoms with van der Waals surface area (Å²) in [5.41, 5.74) is 2.53. The van der Waals surface area contributed by atoms with Gasteiger partial charge < -0.3 is 5.32 Å². The molecule has 0 amide bonds. The molecular weight excluding hydrogens is 302 g/mol. The van der Waals surface area contributed by atoms with E-state index in [9.17, 15) is 0 Å². The first-order valence-electron chi connectivity index (χ1n) is 6.44. The lowest BCUT2D eigenvalue weighted by molar-refractivity contribution is 0.355. The summed E-state index contributed by atoms with van der Waals surface area (Å²) in [6.07, 6.45) is 4.03. The van der Waals surface area contributed by atoms with Crippen LogP contribution in [0.25, 0.3) is 0 Å². The number of halogens is 1. The van der Waals surface area contributed by atoms with Gasteiger partial charge in [-0.3, -0.25) is 4.68 Å². The Morgan fingerprint density at radius 2 is 1.95 bits per heavy atom. The summed E-state index contributed by atoms with van der Waals surface area (Å²) in [5.74, 6) is 0. The molecule has 0 spiro atoms. The van der Waals surface area contributed by atoms with Crippen LogP contribution in [0.5, 0.6) is 0 Å². The molecule has 4 heteroatoms. The minimum Gasteiger partial charge on any atom is -0.309 e. The van der Waals surface area contributed by atoms with Gasteiger partial charge in [-0.15, -0.1) is 0 Å². The molecule has 2 rings (SSSR count). The van der Waals surface area contributed by atoms with Gasteiger partial charge in [0.05, 0.1) is 11.7 Å². The van der Waals surface area contributed by atoms with Crippen molar-refractivity contribution in [2.75, 3.05) is 0 Å². The second-order valence-electron chi connectivity index (χ2n) is 5.70. The van der Waals surface area contributed by atoms with Crippen LogP contribution in [-0.4, -0.2) is 9.78 Å². The van der Waals surface area contributed by atoms with Crippen molar-refractivity contribution in [2.24, 2.45) is 0 Å². The summed E-state index contributed by atoms with van der Waals surface area (Å²) in [7, 11) is 0. The maximum Gasteiger partial charge on any atom is 0.0543 e. The van der Waals surface area contributed by atoms with Gasteiger partial charge in [-0.1, -0.05) is 28.1 Å². The van der Waals surface area contributed by atoms with E-state index >= 15 is 0 Å². The van der Waals surface area contributed by atoms with E-state index in [0.29, 0.717) is 0 Å². The first-order valence-corrected chi connectivity index (χ1v) is 7.23. The molecule has 0 aliphatic carbocycles. The highest BCUT2D eigenvalue weighted by atomic mass is 79.9. The minimum absolute atomic E-state index is 0.0442. The molecule has 1 heterocycles. The smallest absolute Gasteiger partial charge is 0.0543 e. The van der Waals surface area contributed by atoms with Gasteiger partial charge in [-0.2, -0.15) is 5.10 Å². The molecular formula is C15H20BrN3. The largest absolute Gasteiger partial charge is 0.309 e. The van der Waals surface area contributed by atoms with Gasteiger partial charge in [0.2, 0.25) is 0 Å². The van der Waals surface area contributed by atoms with Crippen molar-refractivity contribution in [1.82, 2.24) is 15.1 Å². The lowest BCUT2D eigenvalue weighted by Crippen LogP contribution is -2.22. The molecule has 0 aliphatic rings. The summed E-state index contributed by atoms with van der Waals surface area (Å²) in [5, 5.41) is 7.83. The summed E-state index contributed by atoms with van der Waals surface area (Å²) in [4.78, 5) is 0. The number of nitrogens with zero attached hydrogens (tertiary/aromatic N) is 2. The molecule has 0 bridgehead atoms. The van der Waals surface area contributed by atoms with Gasteiger partial charge in [0.15, 0.2) is 0 Å². The Hall–Kier alpha value is -1.13. The standard InChI is InChI=1S/C15H20BrN3/c1-15(2,3)19-11-13(10-18-19)9-17-8-12-5-4-6-14(16)7-12/h4-7,10-11,17H,8-9H2,1-3H3. The van der Waals surface area contributed by atoms with Gasteiger partial charge in [0.1, 0.15) is 0 Å². The molecule has 0 unspecified atom stereocenters. The fourth-order valence-corrected chi connectivity index (χ4v) is 2.26. The first-order chi connectivity index (χ1) is 8.95. The van der Waals surface area contributed by atoms with Crippen molar-refractivity contribution in [3.05, 3.63) is 52.3 Å². The van der Waals surface area contributed by atoms with Crippen LogP contribution in [-0.2, 0) is 18.6 Å². The molecule has 0 radical (unpaired) electrons. The zero-order valence-electron chi connectivity index (χ0n) is 11.7. The Bertz CT molecular complexity index is 540. The SMILES string of the molecule is CC(C)(C)n1cc(CNCc2cccc(Br)c2)cn1. The quantitative estimate of drug-likeness (QED) is 0.930. The highest BCUT2D eigenvalue weighted by Gasteiger charge is 2.13. The van der Waals surface area contributed by atoms with Crippen LogP contribution in [0.15, 0.2) is 41.1 Å². The molecule has 0 atom stereocenters. The third-order valence-corrected chi connectivity index (χ3v) is 3.36. The average molecular weight is 322 g/mol. The highest BCUT2D eigenvalue weighted by Crippen LogP contribution is 2.14. The number of hydrogen-bond acceptors (Lipinski definition) is 2. The molecule has 19 heavy (non-hydrogen) atoms. The van der Waals surface area contributed by atoms with Gasteiger partial charge in [-0.25, -0.2) is 0 Å². The van der Waals surface area contributed by atoms with E-state index in [1.807, 2.05) is 16.9 Å². The van der Waals surface area contributed by atoms with Crippen molar-refractivity contribution >= 4 is 15.9 Å². The van der Waals surface area contributed by atoms with E-state index in [1.54, 1.807) is 0 Å². The number of hydrogen-bond donors (Lipinski definition) is 1. The van der Waals surface area contributed by atoms with Crippen LogP contribution in [0, 0.1) is 0 Å². The van der Waals surface area contributed by atoms with Crippen LogP contribution < -0.4 is 5.32 Å². The van der Waals surface area contributed by atoms with Gasteiger partial charge in [0, 0.05) is 29.3 Å². The number of rotatable bonds is 4. The fourth-order valence-electron chi connectivity index (χ4n) is 1.82. The van der Waals surface area contributed by atoms with Gasteiger partial charge in [-0.05, 0) is 38.5 Å². The maximum atomic E-state index is 4.40. The van der Waals surface area contributed by atoms with E-state index in [4.69, 9.17) is 0 Å². The van der Waals surface area contributed by atoms with Crippen molar-refractivity contribution < 1.29 is 0 Å². The average Bonchev–Trinajstić information content (AvgIpc) is 2.77. The molecule has 0 saturated heterocycles. The van der Waals surface area contributed by atoms with Crippen LogP contribution in [0.4, 0.5) is 0 Å². The molecule has 1 N–H and O–H groups in total. The zero-order chi connectivity index (χ0) is 13.9. The minimum atomic E-state index is 0.0442. The van der Waals surface area contributed by atoms with Gasteiger partial charge in [0.25, 0.3) is 0 Å². The van der Waals surface area contributed by atoms with Crippen molar-refractivity contribution in [3.8, 4) is 0 Å². The summed E-state index contributed by atoms with van der Waals surface area (Å²) >= 11 is 3.48. The molecule has 1 aromatic heterocycles. The molecule has 0 saturated carbocycles. The number of aromatic nitrogens is 2. The number of nitrogens with one attached hydrogen (secondary N) is 1. The Balaban J connectivity index is 1.88. The van der Waals surface area contributed by atoms with Crippen LogP contribution >= 0.6 is 15.9 Å². The molecule has 3 nitrogen and oxygen atoms in total. The second kappa shape index (κ2) is 5.88. The molecule has 102 valence electrons. The van der Waals surface area contributed by atoms with E-state index in [1.165, 1.54) is 11.1 Å². The van der Waals surface area contributed by atoms with E-state index in [2.05, 4.69) is 71.5 Å². The van der Waals surface area contributed by atoms with E-state index < -0.39 is 0 Å². The third-order valence-electron chi connectivity index (χ3n) is 2.87. The zero-order valence-corrected chi connectivity index (χ0v) is 13.2. The Morgan fingerprint density at radius 1 is 1.21 bits per heavy atom. The van der Waals surface area contributed by atoms with Crippen molar-refractivity contribution in [3.63, 3.8) is 0 Å². The highest BCUT2D eigenvalue weighted by molar-refractivity contribution is 9.10. The second-order valence-corrected chi connectivity index (χ2v) is 6.61. The van der Waals surface area contributed by atoms with Crippen LogP contribution in [0.3, 0.4) is 0 Å². The normalized spacial score (nSPS) is 11.8. The van der Waals surface area contributed by atoms with Crippen molar-refractivity contribution in [1.29, 1.82) is 0 Å². The molecule has 2 aromatic rings. The molecule has 0 aliphatic heterocycles. The van der Waals surface area contributed by atoms with Gasteiger partial charge >= 0.3 is 0 Å². The Morgan fingerprint density at radius 3 is 2.58 bits per heavy atom. The predicted molar refractivity (Wildman–Crippen MR) is 81.9 cm³/mol. The first kappa shape index (κ1) is 14.3. The fraction of sp³-hybridized carbons (Fsp3) is 0.400. The van der Waals surface area contributed by atoms with E-state index in [-0.39, 0.29) is 5.54 Å². The lowest BCUT2D eigenvalue weighted by Gasteiger charge is -2.18. The summed E-state index contributed by atoms with van der Waals surface area (Å²) in [6.45, 7) is 8.15. The summed E-state index contributed by atoms with van der Waals surface area (Å²) < 4.78 is 3.12. The maximum absolute atomic E-state index is 4.40. The van der Waals surface area contributed by atoms with Crippen LogP contribution in [0.1, 0.15) is 31.9 Å². The molecule has 1 aromatic carbocycles. The Kier molecular flexibility index (Phi) is 4.42. The topological polar surface area (TPSA) is 29.9 Å². The van der Waals surface area contributed by atoms with E-state index in [0.717, 1.165) is 17.6 Å². The number of benzene rings is 1. The third kappa shape index (κ3) is 4.18.